The highest BCUT2D eigenvalue weighted by atomic mass is 19.1. The maximum absolute atomic E-state index is 13.8. The third-order valence-corrected chi connectivity index (χ3v) is 3.27. The van der Waals surface area contributed by atoms with Crippen LogP contribution in [0.3, 0.4) is 0 Å². The average Bonchev–Trinajstić information content (AvgIpc) is 1.98. The van der Waals surface area contributed by atoms with E-state index >= 15 is 0 Å². The molecular formula is C13H17FO. The van der Waals surface area contributed by atoms with E-state index in [1.807, 2.05) is 19.9 Å². The summed E-state index contributed by atoms with van der Waals surface area (Å²) in [7, 11) is 0. The van der Waals surface area contributed by atoms with Gasteiger partial charge in [-0.15, -0.1) is 0 Å². The van der Waals surface area contributed by atoms with Crippen LogP contribution in [0.25, 0.3) is 0 Å². The van der Waals surface area contributed by atoms with Crippen molar-refractivity contribution in [1.29, 1.82) is 0 Å². The van der Waals surface area contributed by atoms with Gasteiger partial charge in [-0.3, -0.25) is 0 Å². The second-order valence-corrected chi connectivity index (χ2v) is 4.98. The van der Waals surface area contributed by atoms with E-state index in [0.717, 1.165) is 11.1 Å². The van der Waals surface area contributed by atoms with E-state index in [1.165, 1.54) is 6.07 Å². The molecule has 0 atom stereocenters. The highest BCUT2D eigenvalue weighted by Crippen LogP contribution is 2.47. The van der Waals surface area contributed by atoms with E-state index in [-0.39, 0.29) is 5.82 Å². The molecule has 1 nitrogen and oxygen atoms in total. The zero-order chi connectivity index (χ0) is 11.2. The van der Waals surface area contributed by atoms with Gasteiger partial charge in [-0.2, -0.15) is 0 Å². The molecule has 2 heteroatoms. The van der Waals surface area contributed by atoms with Crippen molar-refractivity contribution in [3.8, 4) is 0 Å². The highest BCUT2D eigenvalue weighted by molar-refractivity contribution is 5.37. The van der Waals surface area contributed by atoms with Crippen molar-refractivity contribution < 1.29 is 9.50 Å². The van der Waals surface area contributed by atoms with Crippen LogP contribution in [0.1, 0.15) is 36.5 Å². The number of hydrogen-bond donors (Lipinski definition) is 1. The number of benzene rings is 1. The summed E-state index contributed by atoms with van der Waals surface area (Å²) in [6.45, 7) is 5.82. The van der Waals surface area contributed by atoms with Gasteiger partial charge >= 0.3 is 0 Å². The fourth-order valence-corrected chi connectivity index (χ4v) is 2.80. The van der Waals surface area contributed by atoms with Gasteiger partial charge in [0.25, 0.3) is 0 Å². The minimum absolute atomic E-state index is 0.262. The lowest BCUT2D eigenvalue weighted by molar-refractivity contribution is -0.0767. The highest BCUT2D eigenvalue weighted by Gasteiger charge is 2.44. The van der Waals surface area contributed by atoms with Crippen LogP contribution >= 0.6 is 0 Å². The molecule has 0 aliphatic heterocycles. The predicted molar refractivity (Wildman–Crippen MR) is 58.2 cm³/mol. The fourth-order valence-electron chi connectivity index (χ4n) is 2.80. The second-order valence-electron chi connectivity index (χ2n) is 4.98. The molecule has 0 bridgehead atoms. The van der Waals surface area contributed by atoms with Crippen molar-refractivity contribution in [3.05, 3.63) is 34.6 Å². The van der Waals surface area contributed by atoms with Crippen molar-refractivity contribution in [2.75, 3.05) is 0 Å². The molecule has 15 heavy (non-hydrogen) atoms. The first-order valence-corrected chi connectivity index (χ1v) is 5.42. The Balaban J connectivity index is 2.45. The van der Waals surface area contributed by atoms with Crippen LogP contribution in [0.4, 0.5) is 4.39 Å². The van der Waals surface area contributed by atoms with E-state index in [9.17, 15) is 9.50 Å². The zero-order valence-corrected chi connectivity index (χ0v) is 9.47. The van der Waals surface area contributed by atoms with Crippen molar-refractivity contribution >= 4 is 0 Å². The molecule has 1 aliphatic rings. The van der Waals surface area contributed by atoms with Crippen molar-refractivity contribution in [2.45, 2.75) is 39.2 Å². The summed E-state index contributed by atoms with van der Waals surface area (Å²) in [6.07, 6.45) is 1.35. The van der Waals surface area contributed by atoms with Crippen molar-refractivity contribution in [2.24, 2.45) is 5.92 Å². The molecular weight excluding hydrogens is 191 g/mol. The quantitative estimate of drug-likeness (QED) is 0.752. The van der Waals surface area contributed by atoms with Gasteiger partial charge in [0.1, 0.15) is 5.82 Å². The molecule has 0 aromatic heterocycles. The normalized spacial score (nSPS) is 30.1. The molecule has 0 spiro atoms. The molecule has 1 fully saturated rings. The molecule has 1 N–H and O–H groups in total. The topological polar surface area (TPSA) is 20.2 Å². The van der Waals surface area contributed by atoms with Crippen LogP contribution in [0.15, 0.2) is 12.1 Å². The molecule has 0 radical (unpaired) electrons. The Hall–Kier alpha value is -0.890. The lowest BCUT2D eigenvalue weighted by Gasteiger charge is -2.43. The Morgan fingerprint density at radius 3 is 2.40 bits per heavy atom. The molecule has 1 aromatic carbocycles. The largest absolute Gasteiger partial charge is 0.385 e. The van der Waals surface area contributed by atoms with E-state index in [0.29, 0.717) is 24.3 Å². The van der Waals surface area contributed by atoms with Crippen LogP contribution in [0, 0.1) is 25.6 Å². The number of halogens is 1. The van der Waals surface area contributed by atoms with Crippen LogP contribution in [-0.2, 0) is 5.60 Å². The molecule has 1 saturated carbocycles. The number of rotatable bonds is 1. The zero-order valence-electron chi connectivity index (χ0n) is 9.47. The lowest BCUT2D eigenvalue weighted by atomic mass is 9.67. The third kappa shape index (κ3) is 1.67. The van der Waals surface area contributed by atoms with Gasteiger partial charge in [-0.05, 0) is 49.8 Å². The minimum atomic E-state index is -0.915. The van der Waals surface area contributed by atoms with E-state index < -0.39 is 5.60 Å². The molecule has 1 aliphatic carbocycles. The average molecular weight is 208 g/mol. The summed E-state index contributed by atoms with van der Waals surface area (Å²) in [5, 5.41) is 10.3. The molecule has 82 valence electrons. The van der Waals surface area contributed by atoms with Gasteiger partial charge in [0.05, 0.1) is 5.60 Å². The summed E-state index contributed by atoms with van der Waals surface area (Å²) in [5.41, 5.74) is 1.36. The molecule has 0 unspecified atom stereocenters. The number of hydrogen-bond acceptors (Lipinski definition) is 1. The fraction of sp³-hybridized carbons (Fsp3) is 0.538. The molecule has 2 rings (SSSR count). The van der Waals surface area contributed by atoms with Crippen molar-refractivity contribution in [3.63, 3.8) is 0 Å². The SMILES string of the molecule is Cc1cc(C)c(C2(O)CC(C)C2)c(F)c1. The van der Waals surface area contributed by atoms with Gasteiger partial charge in [-0.25, -0.2) is 4.39 Å². The number of aliphatic hydroxyl groups is 1. The molecule has 0 amide bonds. The lowest BCUT2D eigenvalue weighted by Crippen LogP contribution is -2.41. The Bertz CT molecular complexity index is 369. The first kappa shape index (κ1) is 10.6. The van der Waals surface area contributed by atoms with Crippen LogP contribution in [0.5, 0.6) is 0 Å². The van der Waals surface area contributed by atoms with Gasteiger partial charge in [0, 0.05) is 5.56 Å². The van der Waals surface area contributed by atoms with Crippen molar-refractivity contribution in [1.82, 2.24) is 0 Å². The summed E-state index contributed by atoms with van der Waals surface area (Å²) < 4.78 is 13.8. The Morgan fingerprint density at radius 1 is 1.33 bits per heavy atom. The van der Waals surface area contributed by atoms with Gasteiger partial charge in [0.15, 0.2) is 0 Å². The third-order valence-electron chi connectivity index (χ3n) is 3.27. The Labute approximate surface area is 89.9 Å². The van der Waals surface area contributed by atoms with Gasteiger partial charge < -0.3 is 5.11 Å². The van der Waals surface area contributed by atoms with E-state index in [2.05, 4.69) is 6.92 Å². The maximum atomic E-state index is 13.8. The molecule has 1 aromatic rings. The van der Waals surface area contributed by atoms with Gasteiger partial charge in [0.2, 0.25) is 0 Å². The second kappa shape index (κ2) is 3.31. The predicted octanol–water partition coefficient (Wildman–Crippen LogP) is 3.06. The van der Waals surface area contributed by atoms with E-state index in [4.69, 9.17) is 0 Å². The first-order chi connectivity index (χ1) is 6.92. The van der Waals surface area contributed by atoms with Gasteiger partial charge in [-0.1, -0.05) is 13.0 Å². The smallest absolute Gasteiger partial charge is 0.129 e. The van der Waals surface area contributed by atoms with Crippen LogP contribution < -0.4 is 0 Å². The minimum Gasteiger partial charge on any atom is -0.385 e. The monoisotopic (exact) mass is 208 g/mol. The summed E-state index contributed by atoms with van der Waals surface area (Å²) in [4.78, 5) is 0. The summed E-state index contributed by atoms with van der Waals surface area (Å²) in [6, 6.07) is 3.43. The summed E-state index contributed by atoms with van der Waals surface area (Å²) in [5.74, 6) is 0.233. The number of aryl methyl sites for hydroxylation is 2. The Morgan fingerprint density at radius 2 is 1.93 bits per heavy atom. The molecule has 0 saturated heterocycles. The van der Waals surface area contributed by atoms with Crippen LogP contribution in [0.2, 0.25) is 0 Å². The molecule has 0 heterocycles. The van der Waals surface area contributed by atoms with E-state index in [1.54, 1.807) is 0 Å². The Kier molecular flexibility index (Phi) is 2.34. The standard InChI is InChI=1S/C13H17FO/c1-8-4-10(3)12(11(14)5-8)13(15)6-9(2)7-13/h4-5,9,15H,6-7H2,1-3H3. The maximum Gasteiger partial charge on any atom is 0.129 e. The summed E-state index contributed by atoms with van der Waals surface area (Å²) >= 11 is 0. The first-order valence-electron chi connectivity index (χ1n) is 5.42. The van der Waals surface area contributed by atoms with Crippen LogP contribution in [-0.4, -0.2) is 5.11 Å².